The Morgan fingerprint density at radius 2 is 2.07 bits per heavy atom. The van der Waals surface area contributed by atoms with E-state index in [-0.39, 0.29) is 11.5 Å². The van der Waals surface area contributed by atoms with Gasteiger partial charge in [-0.05, 0) is 45.0 Å². The molecule has 0 unspecified atom stereocenters. The van der Waals surface area contributed by atoms with Gasteiger partial charge in [0.2, 0.25) is 5.91 Å². The molecule has 2 heterocycles. The highest BCUT2D eigenvalue weighted by molar-refractivity contribution is 7.13. The van der Waals surface area contributed by atoms with Crippen LogP contribution in [0.4, 0.5) is 5.69 Å². The molecule has 28 heavy (non-hydrogen) atoms. The SMILES string of the molecule is CC(=O)Nc1ccc(-c2nc(C)cs2)cc1Oc1cccc2c1OC(C)(C)C2. The van der Waals surface area contributed by atoms with Gasteiger partial charge in [-0.15, -0.1) is 11.3 Å². The zero-order valence-electron chi connectivity index (χ0n) is 16.3. The number of ether oxygens (including phenoxy) is 2. The van der Waals surface area contributed by atoms with Crippen LogP contribution in [0.3, 0.4) is 0 Å². The minimum Gasteiger partial charge on any atom is -0.483 e. The summed E-state index contributed by atoms with van der Waals surface area (Å²) < 4.78 is 12.4. The fourth-order valence-electron chi connectivity index (χ4n) is 3.31. The van der Waals surface area contributed by atoms with Crippen molar-refractivity contribution in [3.05, 3.63) is 53.0 Å². The molecule has 144 valence electrons. The van der Waals surface area contributed by atoms with Gasteiger partial charge >= 0.3 is 0 Å². The molecule has 1 amide bonds. The van der Waals surface area contributed by atoms with Crippen molar-refractivity contribution in [2.45, 2.75) is 39.7 Å². The van der Waals surface area contributed by atoms with Crippen LogP contribution in [-0.2, 0) is 11.2 Å². The van der Waals surface area contributed by atoms with Crippen LogP contribution >= 0.6 is 11.3 Å². The molecule has 0 saturated carbocycles. The molecule has 5 nitrogen and oxygen atoms in total. The first kappa shape index (κ1) is 18.5. The molecule has 6 heteroatoms. The third kappa shape index (κ3) is 3.73. The van der Waals surface area contributed by atoms with Gasteiger partial charge in [-0.25, -0.2) is 4.98 Å². The topological polar surface area (TPSA) is 60.5 Å². The summed E-state index contributed by atoms with van der Waals surface area (Å²) in [5, 5.41) is 5.76. The third-order valence-corrected chi connectivity index (χ3v) is 5.44. The number of rotatable bonds is 4. The van der Waals surface area contributed by atoms with Crippen molar-refractivity contribution in [1.29, 1.82) is 0 Å². The Balaban J connectivity index is 1.74. The number of nitrogens with zero attached hydrogens (tertiary/aromatic N) is 1. The van der Waals surface area contributed by atoms with E-state index in [1.165, 1.54) is 6.92 Å². The summed E-state index contributed by atoms with van der Waals surface area (Å²) in [4.78, 5) is 16.2. The van der Waals surface area contributed by atoms with Crippen LogP contribution < -0.4 is 14.8 Å². The van der Waals surface area contributed by atoms with E-state index in [0.717, 1.165) is 34.0 Å². The van der Waals surface area contributed by atoms with Gasteiger partial charge in [-0.2, -0.15) is 0 Å². The van der Waals surface area contributed by atoms with Crippen molar-refractivity contribution in [3.63, 3.8) is 0 Å². The van der Waals surface area contributed by atoms with Crippen molar-refractivity contribution < 1.29 is 14.3 Å². The molecule has 1 aliphatic heterocycles. The fourth-order valence-corrected chi connectivity index (χ4v) is 4.10. The average molecular weight is 394 g/mol. The smallest absolute Gasteiger partial charge is 0.221 e. The van der Waals surface area contributed by atoms with E-state index in [4.69, 9.17) is 9.47 Å². The molecule has 4 rings (SSSR count). The van der Waals surface area contributed by atoms with E-state index >= 15 is 0 Å². The van der Waals surface area contributed by atoms with Crippen LogP contribution in [0.1, 0.15) is 32.0 Å². The maximum atomic E-state index is 11.6. The number of fused-ring (bicyclic) bond motifs is 1. The number of para-hydroxylation sites is 1. The first-order valence-corrected chi connectivity index (χ1v) is 10.0. The molecule has 0 radical (unpaired) electrons. The second kappa shape index (κ2) is 6.95. The molecular formula is C22H22N2O3S. The summed E-state index contributed by atoms with van der Waals surface area (Å²) in [5.74, 6) is 1.81. The van der Waals surface area contributed by atoms with Gasteiger partial charge in [0.15, 0.2) is 17.2 Å². The quantitative estimate of drug-likeness (QED) is 0.627. The second-order valence-corrected chi connectivity index (χ2v) is 8.43. The van der Waals surface area contributed by atoms with Gasteiger partial charge in [0.05, 0.1) is 5.69 Å². The Bertz CT molecular complexity index is 1060. The number of nitrogens with one attached hydrogen (secondary N) is 1. The normalized spacial score (nSPS) is 14.3. The number of hydrogen-bond acceptors (Lipinski definition) is 5. The molecule has 2 aromatic carbocycles. The molecule has 1 N–H and O–H groups in total. The predicted molar refractivity (Wildman–Crippen MR) is 112 cm³/mol. The van der Waals surface area contributed by atoms with Gasteiger partial charge in [0.25, 0.3) is 0 Å². The Labute approximate surface area is 168 Å². The Hall–Kier alpha value is -2.86. The first-order valence-electron chi connectivity index (χ1n) is 9.14. The van der Waals surface area contributed by atoms with Crippen LogP contribution in [0.15, 0.2) is 41.8 Å². The standard InChI is InChI=1S/C22H22N2O3S/c1-13-12-28-21(23-13)15-8-9-17(24-14(2)25)19(10-15)26-18-7-5-6-16-11-22(3,4)27-20(16)18/h5-10,12H,11H2,1-4H3,(H,24,25). The number of hydrogen-bond donors (Lipinski definition) is 1. The van der Waals surface area contributed by atoms with Gasteiger partial charge in [0, 0.05) is 35.5 Å². The van der Waals surface area contributed by atoms with Crippen molar-refractivity contribution in [3.8, 4) is 27.8 Å². The number of anilines is 1. The molecular weight excluding hydrogens is 372 g/mol. The molecule has 0 aliphatic carbocycles. The number of aromatic nitrogens is 1. The van der Waals surface area contributed by atoms with Crippen molar-refractivity contribution in [2.24, 2.45) is 0 Å². The highest BCUT2D eigenvalue weighted by Gasteiger charge is 2.32. The highest BCUT2D eigenvalue weighted by Crippen LogP contribution is 2.45. The third-order valence-electron chi connectivity index (χ3n) is 4.43. The van der Waals surface area contributed by atoms with Crippen LogP contribution in [0, 0.1) is 6.92 Å². The van der Waals surface area contributed by atoms with Gasteiger partial charge < -0.3 is 14.8 Å². The number of carbonyl (C=O) groups is 1. The Kier molecular flexibility index (Phi) is 4.59. The van der Waals surface area contributed by atoms with Gasteiger partial charge in [-0.1, -0.05) is 12.1 Å². The summed E-state index contributed by atoms with van der Waals surface area (Å²) in [5.41, 5.74) is 3.39. The highest BCUT2D eigenvalue weighted by atomic mass is 32.1. The molecule has 1 aliphatic rings. The summed E-state index contributed by atoms with van der Waals surface area (Å²) in [7, 11) is 0. The Morgan fingerprint density at radius 3 is 2.79 bits per heavy atom. The number of thiazole rings is 1. The van der Waals surface area contributed by atoms with Gasteiger partial charge in [-0.3, -0.25) is 4.79 Å². The average Bonchev–Trinajstić information content (AvgIpc) is 3.18. The van der Waals surface area contributed by atoms with Crippen LogP contribution in [0.2, 0.25) is 0 Å². The number of benzene rings is 2. The van der Waals surface area contributed by atoms with Crippen molar-refractivity contribution in [1.82, 2.24) is 4.98 Å². The lowest BCUT2D eigenvalue weighted by Gasteiger charge is -2.19. The van der Waals surface area contributed by atoms with E-state index in [9.17, 15) is 4.79 Å². The summed E-state index contributed by atoms with van der Waals surface area (Å²) in [6.07, 6.45) is 0.830. The van der Waals surface area contributed by atoms with Gasteiger partial charge in [0.1, 0.15) is 10.6 Å². The number of amides is 1. The minimum atomic E-state index is -0.261. The lowest BCUT2D eigenvalue weighted by Crippen LogP contribution is -2.24. The second-order valence-electron chi connectivity index (χ2n) is 7.57. The first-order chi connectivity index (χ1) is 13.3. The Morgan fingerprint density at radius 1 is 1.25 bits per heavy atom. The lowest BCUT2D eigenvalue weighted by molar-refractivity contribution is -0.114. The van der Waals surface area contributed by atoms with Crippen LogP contribution in [-0.4, -0.2) is 16.5 Å². The molecule has 3 aromatic rings. The zero-order valence-corrected chi connectivity index (χ0v) is 17.1. The van der Waals surface area contributed by atoms with Crippen LogP contribution in [0.25, 0.3) is 10.6 Å². The van der Waals surface area contributed by atoms with Crippen molar-refractivity contribution >= 4 is 22.9 Å². The largest absolute Gasteiger partial charge is 0.483 e. The maximum absolute atomic E-state index is 11.6. The number of aryl methyl sites for hydroxylation is 1. The molecule has 0 spiro atoms. The lowest BCUT2D eigenvalue weighted by atomic mass is 10.0. The summed E-state index contributed by atoms with van der Waals surface area (Å²) in [6.45, 7) is 7.57. The maximum Gasteiger partial charge on any atom is 0.221 e. The van der Waals surface area contributed by atoms with Crippen molar-refractivity contribution in [2.75, 3.05) is 5.32 Å². The van der Waals surface area contributed by atoms with Crippen LogP contribution in [0.5, 0.6) is 17.2 Å². The number of carbonyl (C=O) groups excluding carboxylic acids is 1. The summed E-state index contributed by atoms with van der Waals surface area (Å²) in [6, 6.07) is 11.6. The predicted octanol–water partition coefficient (Wildman–Crippen LogP) is 5.58. The molecule has 0 fully saturated rings. The zero-order chi connectivity index (χ0) is 19.9. The summed E-state index contributed by atoms with van der Waals surface area (Å²) >= 11 is 1.58. The molecule has 0 bridgehead atoms. The molecule has 0 saturated heterocycles. The minimum absolute atomic E-state index is 0.154. The van der Waals surface area contributed by atoms with E-state index in [0.29, 0.717) is 17.2 Å². The molecule has 1 aromatic heterocycles. The molecule has 0 atom stereocenters. The monoisotopic (exact) mass is 394 g/mol. The van der Waals surface area contributed by atoms with E-state index in [1.54, 1.807) is 11.3 Å². The fraction of sp³-hybridized carbons (Fsp3) is 0.273. The van der Waals surface area contributed by atoms with E-state index in [2.05, 4.69) is 30.2 Å². The van der Waals surface area contributed by atoms with E-state index in [1.807, 2.05) is 42.6 Å². The van der Waals surface area contributed by atoms with E-state index < -0.39 is 0 Å².